The number of amides is 1. The normalized spacial score (nSPS) is 11.7. The molecule has 4 nitrogen and oxygen atoms in total. The Morgan fingerprint density at radius 1 is 1.50 bits per heavy atom. The van der Waals surface area contributed by atoms with Crippen LogP contribution in [0.5, 0.6) is 0 Å². The second-order valence-electron chi connectivity index (χ2n) is 4.30. The Kier molecular flexibility index (Phi) is 4.19. The summed E-state index contributed by atoms with van der Waals surface area (Å²) in [4.78, 5) is 20.4. The molecule has 16 heavy (non-hydrogen) atoms. The Balaban J connectivity index is 2.43. The molecule has 0 unspecified atom stereocenters. The lowest BCUT2D eigenvalue weighted by Crippen LogP contribution is -2.32. The fourth-order valence-corrected chi connectivity index (χ4v) is 0.884. The average molecular weight is 220 g/mol. The molecule has 0 radical (unpaired) electrons. The highest BCUT2D eigenvalue weighted by Gasteiger charge is 2.11. The van der Waals surface area contributed by atoms with Crippen molar-refractivity contribution in [2.45, 2.75) is 26.4 Å². The van der Waals surface area contributed by atoms with Crippen molar-refractivity contribution in [3.8, 4) is 0 Å². The van der Waals surface area contributed by atoms with Crippen molar-refractivity contribution >= 4 is 12.0 Å². The third-order valence-electron chi connectivity index (χ3n) is 1.57. The van der Waals surface area contributed by atoms with Crippen LogP contribution >= 0.6 is 0 Å². The van der Waals surface area contributed by atoms with Gasteiger partial charge in [0.2, 0.25) is 0 Å². The van der Waals surface area contributed by atoms with Gasteiger partial charge in [-0.15, -0.1) is 0 Å². The molecule has 0 aliphatic carbocycles. The van der Waals surface area contributed by atoms with Crippen LogP contribution in [0.15, 0.2) is 30.6 Å². The minimum Gasteiger partial charge on any atom is -0.268 e. The molecule has 1 rings (SSSR count). The summed E-state index contributed by atoms with van der Waals surface area (Å²) in [6.45, 7) is 5.58. The second-order valence-corrected chi connectivity index (χ2v) is 4.30. The van der Waals surface area contributed by atoms with Crippen molar-refractivity contribution in [2.24, 2.45) is 0 Å². The summed E-state index contributed by atoms with van der Waals surface area (Å²) in [6, 6.07) is 3.67. The molecule has 0 aliphatic rings. The number of hydrogen-bond donors (Lipinski definition) is 1. The monoisotopic (exact) mass is 220 g/mol. The minimum atomic E-state index is -0.391. The van der Waals surface area contributed by atoms with E-state index in [1.807, 2.05) is 32.9 Å². The van der Waals surface area contributed by atoms with Crippen molar-refractivity contribution in [2.75, 3.05) is 0 Å². The lowest BCUT2D eigenvalue weighted by molar-refractivity contribution is -0.140. The standard InChI is InChI=1S/C12H16N2O2/c1-12(2,3)16-14-11(15)7-6-10-5-4-8-13-9-10/h4-9H,1-3H3,(H,14,15)/b7-6+. The van der Waals surface area contributed by atoms with Gasteiger partial charge in [0.1, 0.15) is 0 Å². The van der Waals surface area contributed by atoms with Crippen LogP contribution in [0, 0.1) is 0 Å². The maximum Gasteiger partial charge on any atom is 0.267 e. The number of aromatic nitrogens is 1. The van der Waals surface area contributed by atoms with Crippen LogP contribution in [0.1, 0.15) is 26.3 Å². The summed E-state index contributed by atoms with van der Waals surface area (Å²) < 4.78 is 0. The molecule has 0 aliphatic heterocycles. The van der Waals surface area contributed by atoms with Gasteiger partial charge in [0, 0.05) is 18.5 Å². The van der Waals surface area contributed by atoms with E-state index in [4.69, 9.17) is 4.84 Å². The third kappa shape index (κ3) is 5.26. The molecule has 86 valence electrons. The summed E-state index contributed by atoms with van der Waals surface area (Å²) in [5, 5.41) is 0. The number of nitrogens with one attached hydrogen (secondary N) is 1. The van der Waals surface area contributed by atoms with Crippen LogP contribution in [-0.2, 0) is 9.63 Å². The van der Waals surface area contributed by atoms with Crippen molar-refractivity contribution < 1.29 is 9.63 Å². The number of pyridine rings is 1. The first-order chi connectivity index (χ1) is 7.47. The van der Waals surface area contributed by atoms with Crippen molar-refractivity contribution in [1.29, 1.82) is 0 Å². The Morgan fingerprint density at radius 2 is 2.25 bits per heavy atom. The molecule has 4 heteroatoms. The van der Waals surface area contributed by atoms with Gasteiger partial charge in [-0.25, -0.2) is 5.48 Å². The van der Waals surface area contributed by atoms with Gasteiger partial charge < -0.3 is 0 Å². The van der Waals surface area contributed by atoms with Crippen molar-refractivity contribution in [3.63, 3.8) is 0 Å². The van der Waals surface area contributed by atoms with Gasteiger partial charge in [-0.05, 0) is 38.5 Å². The summed E-state index contributed by atoms with van der Waals surface area (Å²) >= 11 is 0. The molecule has 1 amide bonds. The van der Waals surface area contributed by atoms with E-state index >= 15 is 0 Å². The predicted molar refractivity (Wildman–Crippen MR) is 62.3 cm³/mol. The third-order valence-corrected chi connectivity index (χ3v) is 1.57. The number of carbonyl (C=O) groups excluding carboxylic acids is 1. The zero-order chi connectivity index (χ0) is 12.0. The maximum atomic E-state index is 11.3. The molecule has 1 aromatic heterocycles. The van der Waals surface area contributed by atoms with Gasteiger partial charge in [-0.1, -0.05) is 6.07 Å². The van der Waals surface area contributed by atoms with Crippen LogP contribution in [0.4, 0.5) is 0 Å². The molecule has 1 N–H and O–H groups in total. The Morgan fingerprint density at radius 3 is 2.81 bits per heavy atom. The van der Waals surface area contributed by atoms with Crippen LogP contribution in [0.2, 0.25) is 0 Å². The molecule has 0 saturated carbocycles. The van der Waals surface area contributed by atoms with Gasteiger partial charge in [0.15, 0.2) is 0 Å². The van der Waals surface area contributed by atoms with Gasteiger partial charge in [0.25, 0.3) is 5.91 Å². The van der Waals surface area contributed by atoms with E-state index in [1.54, 1.807) is 18.5 Å². The Bertz CT molecular complexity index is 366. The SMILES string of the molecule is CC(C)(C)ONC(=O)/C=C/c1cccnc1. The molecule has 0 saturated heterocycles. The number of nitrogens with zero attached hydrogens (tertiary/aromatic N) is 1. The van der Waals surface area contributed by atoms with E-state index in [1.165, 1.54) is 6.08 Å². The van der Waals surface area contributed by atoms with Gasteiger partial charge in [-0.3, -0.25) is 14.6 Å². The summed E-state index contributed by atoms with van der Waals surface area (Å²) in [7, 11) is 0. The molecule has 0 atom stereocenters. The summed E-state index contributed by atoms with van der Waals surface area (Å²) in [5.74, 6) is -0.293. The quantitative estimate of drug-likeness (QED) is 0.625. The highest BCUT2D eigenvalue weighted by molar-refractivity contribution is 5.90. The molecular weight excluding hydrogens is 204 g/mol. The van der Waals surface area contributed by atoms with E-state index in [0.29, 0.717) is 0 Å². The van der Waals surface area contributed by atoms with E-state index in [0.717, 1.165) is 5.56 Å². The predicted octanol–water partition coefficient (Wildman–Crippen LogP) is 1.94. The Labute approximate surface area is 95.3 Å². The van der Waals surface area contributed by atoms with E-state index < -0.39 is 5.60 Å². The van der Waals surface area contributed by atoms with Gasteiger partial charge >= 0.3 is 0 Å². The Hall–Kier alpha value is -1.68. The van der Waals surface area contributed by atoms with Crippen LogP contribution in [-0.4, -0.2) is 16.5 Å². The second kappa shape index (κ2) is 5.42. The first-order valence-corrected chi connectivity index (χ1v) is 5.03. The molecule has 0 fully saturated rings. The van der Waals surface area contributed by atoms with E-state index in [2.05, 4.69) is 10.5 Å². The number of rotatable bonds is 3. The highest BCUT2D eigenvalue weighted by Crippen LogP contribution is 2.03. The molecule has 0 spiro atoms. The number of hydroxylamine groups is 1. The van der Waals surface area contributed by atoms with Gasteiger partial charge in [0.05, 0.1) is 5.60 Å². The van der Waals surface area contributed by atoms with Crippen molar-refractivity contribution in [1.82, 2.24) is 10.5 Å². The summed E-state index contributed by atoms with van der Waals surface area (Å²) in [6.07, 6.45) is 6.44. The first kappa shape index (κ1) is 12.4. The zero-order valence-electron chi connectivity index (χ0n) is 9.73. The lowest BCUT2D eigenvalue weighted by atomic mass is 10.2. The van der Waals surface area contributed by atoms with Crippen molar-refractivity contribution in [3.05, 3.63) is 36.2 Å². The fourth-order valence-electron chi connectivity index (χ4n) is 0.884. The first-order valence-electron chi connectivity index (χ1n) is 5.03. The van der Waals surface area contributed by atoms with Crippen LogP contribution in [0.25, 0.3) is 6.08 Å². The zero-order valence-corrected chi connectivity index (χ0v) is 9.73. The largest absolute Gasteiger partial charge is 0.268 e. The molecule has 1 aromatic rings. The fraction of sp³-hybridized carbons (Fsp3) is 0.333. The molecule has 1 heterocycles. The van der Waals surface area contributed by atoms with E-state index in [-0.39, 0.29) is 5.91 Å². The smallest absolute Gasteiger partial charge is 0.267 e. The average Bonchev–Trinajstić information content (AvgIpc) is 2.24. The van der Waals surface area contributed by atoms with Gasteiger partial charge in [-0.2, -0.15) is 0 Å². The summed E-state index contributed by atoms with van der Waals surface area (Å²) in [5.41, 5.74) is 2.82. The van der Waals surface area contributed by atoms with Crippen LogP contribution in [0.3, 0.4) is 0 Å². The highest BCUT2D eigenvalue weighted by atomic mass is 16.7. The topological polar surface area (TPSA) is 51.2 Å². The number of hydrogen-bond acceptors (Lipinski definition) is 3. The van der Waals surface area contributed by atoms with E-state index in [9.17, 15) is 4.79 Å². The maximum absolute atomic E-state index is 11.3. The molecule has 0 bridgehead atoms. The van der Waals surface area contributed by atoms with Crippen LogP contribution < -0.4 is 5.48 Å². The molecular formula is C12H16N2O2. The minimum absolute atomic E-state index is 0.293. The lowest BCUT2D eigenvalue weighted by Gasteiger charge is -2.17. The molecule has 0 aromatic carbocycles. The number of carbonyl (C=O) groups is 1.